The van der Waals surface area contributed by atoms with Crippen LogP contribution in [-0.2, 0) is 9.59 Å². The maximum atomic E-state index is 12.9. The van der Waals surface area contributed by atoms with Crippen LogP contribution in [0.2, 0.25) is 0 Å². The van der Waals surface area contributed by atoms with E-state index in [0.717, 1.165) is 36.8 Å². The van der Waals surface area contributed by atoms with Gasteiger partial charge in [0.25, 0.3) is 5.91 Å². The van der Waals surface area contributed by atoms with Crippen LogP contribution < -0.4 is 20.7 Å². The number of amides is 2. The van der Waals surface area contributed by atoms with Crippen LogP contribution in [0.3, 0.4) is 0 Å². The first kappa shape index (κ1) is 15.2. The van der Waals surface area contributed by atoms with Gasteiger partial charge in [0.05, 0.1) is 26.2 Å². The minimum absolute atomic E-state index is 0.199. The Labute approximate surface area is 122 Å². The van der Waals surface area contributed by atoms with E-state index < -0.39 is 0 Å². The molecule has 0 aromatic heterocycles. The largest absolute Gasteiger partial charge is 0.360 e. The van der Waals surface area contributed by atoms with Gasteiger partial charge in [0.1, 0.15) is 5.82 Å². The molecular weight excluding hydrogens is 275 g/mol. The Morgan fingerprint density at radius 3 is 2.38 bits per heavy atom. The quantitative estimate of drug-likeness (QED) is 0.607. The molecule has 0 bridgehead atoms. The van der Waals surface area contributed by atoms with Crippen molar-refractivity contribution < 1.29 is 18.9 Å². The molecule has 1 aromatic carbocycles. The van der Waals surface area contributed by atoms with Crippen molar-refractivity contribution in [2.45, 2.75) is 6.92 Å². The minimum Gasteiger partial charge on any atom is -0.360 e. The van der Waals surface area contributed by atoms with Gasteiger partial charge in [-0.1, -0.05) is 0 Å². The molecule has 21 heavy (non-hydrogen) atoms. The van der Waals surface area contributed by atoms with Crippen molar-refractivity contribution >= 4 is 17.5 Å². The molecule has 0 atom stereocenters. The summed E-state index contributed by atoms with van der Waals surface area (Å²) in [4.78, 5) is 25.6. The first-order valence-electron chi connectivity index (χ1n) is 6.94. The number of quaternary nitrogens is 1. The molecule has 3 N–H and O–H groups in total. The highest BCUT2D eigenvalue weighted by atomic mass is 19.1. The summed E-state index contributed by atoms with van der Waals surface area (Å²) in [6.07, 6.45) is 0. The van der Waals surface area contributed by atoms with Crippen LogP contribution in [0.1, 0.15) is 6.92 Å². The summed E-state index contributed by atoms with van der Waals surface area (Å²) >= 11 is 0. The summed E-state index contributed by atoms with van der Waals surface area (Å²) in [6, 6.07) is 6.44. The molecule has 1 aromatic rings. The van der Waals surface area contributed by atoms with Crippen molar-refractivity contribution in [2.24, 2.45) is 0 Å². The van der Waals surface area contributed by atoms with E-state index in [4.69, 9.17) is 0 Å². The lowest BCUT2D eigenvalue weighted by Crippen LogP contribution is -3.16. The van der Waals surface area contributed by atoms with Crippen LogP contribution in [0, 0.1) is 5.82 Å². The summed E-state index contributed by atoms with van der Waals surface area (Å²) < 4.78 is 12.9. The summed E-state index contributed by atoms with van der Waals surface area (Å²) in [5, 5.41) is 0. The van der Waals surface area contributed by atoms with Gasteiger partial charge >= 0.3 is 0 Å². The molecule has 1 saturated heterocycles. The van der Waals surface area contributed by atoms with Crippen molar-refractivity contribution in [3.8, 4) is 0 Å². The highest BCUT2D eigenvalue weighted by molar-refractivity contribution is 5.81. The third kappa shape index (κ3) is 4.71. The number of hydrazine groups is 1. The molecule has 1 heterocycles. The molecule has 1 fully saturated rings. The maximum Gasteiger partial charge on any atom is 0.293 e. The number of nitrogens with zero attached hydrogens (tertiary/aromatic N) is 1. The van der Waals surface area contributed by atoms with E-state index in [1.807, 2.05) is 0 Å². The van der Waals surface area contributed by atoms with Gasteiger partial charge in [-0.05, 0) is 24.3 Å². The fourth-order valence-electron chi connectivity index (χ4n) is 2.34. The maximum absolute atomic E-state index is 12.9. The lowest BCUT2D eigenvalue weighted by atomic mass is 10.2. The predicted octanol–water partition coefficient (Wildman–Crippen LogP) is -1.30. The van der Waals surface area contributed by atoms with Crippen LogP contribution in [0.5, 0.6) is 0 Å². The van der Waals surface area contributed by atoms with E-state index in [2.05, 4.69) is 15.8 Å². The zero-order valence-corrected chi connectivity index (χ0v) is 12.0. The van der Waals surface area contributed by atoms with Crippen LogP contribution in [0.25, 0.3) is 0 Å². The van der Waals surface area contributed by atoms with Crippen molar-refractivity contribution in [3.63, 3.8) is 0 Å². The number of piperazine rings is 1. The number of nitrogens with one attached hydrogen (secondary N) is 3. The second-order valence-electron chi connectivity index (χ2n) is 5.12. The molecule has 0 unspecified atom stereocenters. The Kier molecular flexibility index (Phi) is 5.10. The van der Waals surface area contributed by atoms with Crippen LogP contribution in [0.4, 0.5) is 10.1 Å². The minimum atomic E-state index is -0.292. The van der Waals surface area contributed by atoms with E-state index in [1.54, 1.807) is 12.1 Å². The molecule has 2 amide bonds. The average molecular weight is 295 g/mol. The zero-order valence-electron chi connectivity index (χ0n) is 12.0. The molecule has 7 heteroatoms. The molecule has 2 rings (SSSR count). The second-order valence-corrected chi connectivity index (χ2v) is 5.12. The Balaban J connectivity index is 1.76. The van der Waals surface area contributed by atoms with Crippen molar-refractivity contribution in [1.29, 1.82) is 0 Å². The molecule has 114 valence electrons. The molecule has 0 spiro atoms. The molecule has 6 nitrogen and oxygen atoms in total. The van der Waals surface area contributed by atoms with Gasteiger partial charge in [-0.2, -0.15) is 0 Å². The third-order valence-electron chi connectivity index (χ3n) is 3.45. The molecule has 0 radical (unpaired) electrons. The SMILES string of the molecule is CC(=O)NNC(=O)C[NH+]1CCN(c2ccc(F)cc2)CC1. The number of hydrogen-bond acceptors (Lipinski definition) is 3. The topological polar surface area (TPSA) is 65.9 Å². The standard InChI is InChI=1S/C14H19FN4O2/c1-11(20)16-17-14(21)10-18-6-8-19(9-7-18)13-4-2-12(15)3-5-13/h2-5H,6-10H2,1H3,(H,16,20)(H,17,21)/p+1. The molecule has 1 aliphatic rings. The van der Waals surface area contributed by atoms with Crippen molar-refractivity contribution in [2.75, 3.05) is 37.6 Å². The fourth-order valence-corrected chi connectivity index (χ4v) is 2.34. The smallest absolute Gasteiger partial charge is 0.293 e. The van der Waals surface area contributed by atoms with E-state index >= 15 is 0 Å². The summed E-state index contributed by atoms with van der Waals surface area (Å²) in [5.41, 5.74) is 5.64. The van der Waals surface area contributed by atoms with Crippen LogP contribution in [-0.4, -0.2) is 44.5 Å². The van der Waals surface area contributed by atoms with Gasteiger partial charge in [-0.25, -0.2) is 4.39 Å². The van der Waals surface area contributed by atoms with Crippen LogP contribution >= 0.6 is 0 Å². The Morgan fingerprint density at radius 2 is 1.81 bits per heavy atom. The number of hydrogen-bond donors (Lipinski definition) is 3. The van der Waals surface area contributed by atoms with E-state index in [9.17, 15) is 14.0 Å². The van der Waals surface area contributed by atoms with Gasteiger partial charge < -0.3 is 9.80 Å². The first-order chi connectivity index (χ1) is 10.0. The molecular formula is C14H20FN4O2+. The number of carbonyl (C=O) groups is 2. The molecule has 0 saturated carbocycles. The van der Waals surface area contributed by atoms with Crippen LogP contribution in [0.15, 0.2) is 24.3 Å². The summed E-state index contributed by atoms with van der Waals surface area (Å²) in [7, 11) is 0. The first-order valence-corrected chi connectivity index (χ1v) is 6.94. The van der Waals surface area contributed by atoms with E-state index in [1.165, 1.54) is 19.1 Å². The zero-order chi connectivity index (χ0) is 15.2. The van der Waals surface area contributed by atoms with Gasteiger partial charge in [0.2, 0.25) is 5.91 Å². The van der Waals surface area contributed by atoms with Gasteiger partial charge in [-0.15, -0.1) is 0 Å². The number of carbonyl (C=O) groups excluding carboxylic acids is 2. The van der Waals surface area contributed by atoms with Gasteiger partial charge in [0.15, 0.2) is 6.54 Å². The van der Waals surface area contributed by atoms with Crippen molar-refractivity contribution in [1.82, 2.24) is 10.9 Å². The van der Waals surface area contributed by atoms with E-state index in [-0.39, 0.29) is 17.6 Å². The fraction of sp³-hybridized carbons (Fsp3) is 0.429. The lowest BCUT2D eigenvalue weighted by Gasteiger charge is -2.33. The predicted molar refractivity (Wildman–Crippen MR) is 76.1 cm³/mol. The number of halogens is 1. The third-order valence-corrected chi connectivity index (χ3v) is 3.45. The Hall–Kier alpha value is -2.15. The summed E-state index contributed by atoms with van der Waals surface area (Å²) in [6.45, 7) is 4.95. The summed E-state index contributed by atoms with van der Waals surface area (Å²) in [5.74, 6) is -0.729. The number of benzene rings is 1. The Morgan fingerprint density at radius 1 is 1.19 bits per heavy atom. The number of anilines is 1. The van der Waals surface area contributed by atoms with Gasteiger partial charge in [-0.3, -0.25) is 20.4 Å². The monoisotopic (exact) mass is 295 g/mol. The Bertz CT molecular complexity index is 498. The molecule has 0 aliphatic carbocycles. The van der Waals surface area contributed by atoms with Gasteiger partial charge in [0, 0.05) is 12.6 Å². The van der Waals surface area contributed by atoms with Crippen molar-refractivity contribution in [3.05, 3.63) is 30.1 Å². The number of rotatable bonds is 3. The highest BCUT2D eigenvalue weighted by Gasteiger charge is 2.22. The lowest BCUT2D eigenvalue weighted by molar-refractivity contribution is -0.892. The van der Waals surface area contributed by atoms with E-state index in [0.29, 0.717) is 6.54 Å². The highest BCUT2D eigenvalue weighted by Crippen LogP contribution is 2.14. The normalized spacial score (nSPS) is 15.6. The second kappa shape index (κ2) is 7.03. The average Bonchev–Trinajstić information content (AvgIpc) is 2.47. The molecule has 1 aliphatic heterocycles.